The quantitative estimate of drug-likeness (QED) is 0.162. The van der Waals surface area contributed by atoms with E-state index in [0.717, 1.165) is 0 Å². The largest absolute Gasteiger partial charge is 0.311 e. The van der Waals surface area contributed by atoms with Crippen molar-refractivity contribution in [2.24, 2.45) is 0 Å². The van der Waals surface area contributed by atoms with Gasteiger partial charge in [-0.3, -0.25) is 0 Å². The van der Waals surface area contributed by atoms with Crippen LogP contribution >= 0.6 is 23.1 Å². The molecule has 2 nitrogen and oxygen atoms in total. The summed E-state index contributed by atoms with van der Waals surface area (Å²) in [6.07, 6.45) is 0. The fourth-order valence-electron chi connectivity index (χ4n) is 11.5. The van der Waals surface area contributed by atoms with Crippen LogP contribution in [0.25, 0.3) is 69.9 Å². The zero-order chi connectivity index (χ0) is 48.7. The minimum atomic E-state index is -0.0186. The maximum atomic E-state index is 2.62. The van der Waals surface area contributed by atoms with Crippen LogP contribution in [0, 0.1) is 0 Å². The second-order valence-electron chi connectivity index (χ2n) is 23.0. The third-order valence-corrected chi connectivity index (χ3v) is 17.6. The van der Waals surface area contributed by atoms with Crippen molar-refractivity contribution < 1.29 is 0 Å². The van der Waals surface area contributed by atoms with E-state index in [1.54, 1.807) is 0 Å². The molecule has 11 aromatic rings. The Morgan fingerprint density at radius 2 is 1.01 bits per heavy atom. The average molecular weight is 953 g/mol. The lowest BCUT2D eigenvalue weighted by Gasteiger charge is -2.41. The molecule has 0 unspecified atom stereocenters. The summed E-state index contributed by atoms with van der Waals surface area (Å²) in [4.78, 5) is 5.24. The van der Waals surface area contributed by atoms with Crippen LogP contribution in [0.5, 0.6) is 0 Å². The van der Waals surface area contributed by atoms with Crippen molar-refractivity contribution in [2.75, 3.05) is 4.90 Å². The summed E-state index contributed by atoms with van der Waals surface area (Å²) in [5.41, 5.74) is 20.5. The molecule has 0 amide bonds. The molecule has 4 heterocycles. The highest BCUT2D eigenvalue weighted by atomic mass is 32.2. The smallest absolute Gasteiger partial charge is 0.249 e. The molecule has 0 aliphatic carbocycles. The van der Waals surface area contributed by atoms with Crippen molar-refractivity contribution in [3.8, 4) is 27.9 Å². The van der Waals surface area contributed by atoms with E-state index >= 15 is 0 Å². The van der Waals surface area contributed by atoms with E-state index in [9.17, 15) is 0 Å². The summed E-state index contributed by atoms with van der Waals surface area (Å²) in [5.74, 6) is 0. The Bertz CT molecular complexity index is 3900. The van der Waals surface area contributed by atoms with Crippen LogP contribution in [0.2, 0.25) is 0 Å². The van der Waals surface area contributed by atoms with Crippen molar-refractivity contribution in [2.45, 2.75) is 88.3 Å². The van der Waals surface area contributed by atoms with E-state index in [4.69, 9.17) is 0 Å². The van der Waals surface area contributed by atoms with Crippen LogP contribution in [0.15, 0.2) is 192 Å². The molecular formula is C66H57BN2S2. The molecule has 0 bridgehead atoms. The van der Waals surface area contributed by atoms with Gasteiger partial charge in [0.2, 0.25) is 6.71 Å². The zero-order valence-electron chi connectivity index (χ0n) is 42.1. The lowest BCUT2D eigenvalue weighted by molar-refractivity contribution is 0.590. The van der Waals surface area contributed by atoms with E-state index in [1.165, 1.54) is 130 Å². The Kier molecular flexibility index (Phi) is 9.87. The van der Waals surface area contributed by atoms with Crippen molar-refractivity contribution in [1.82, 2.24) is 4.57 Å². The molecule has 9 aromatic carbocycles. The number of fused-ring (bicyclic) bond motifs is 10. The first kappa shape index (κ1) is 44.2. The number of thiophene rings is 1. The molecule has 0 saturated carbocycles. The molecule has 2 aliphatic rings. The number of benzene rings is 9. The highest BCUT2D eigenvalue weighted by Gasteiger charge is 2.42. The predicted octanol–water partition coefficient (Wildman–Crippen LogP) is 17.1. The van der Waals surface area contributed by atoms with Gasteiger partial charge in [0.05, 0.1) is 16.7 Å². The van der Waals surface area contributed by atoms with Gasteiger partial charge < -0.3 is 9.47 Å². The first-order valence-electron chi connectivity index (χ1n) is 25.2. The monoisotopic (exact) mass is 952 g/mol. The average Bonchev–Trinajstić information content (AvgIpc) is 3.91. The third-order valence-electron chi connectivity index (χ3n) is 15.3. The minimum Gasteiger partial charge on any atom is -0.311 e. The SMILES string of the molecule is CC(C)(C)c1ccc(-c2cc3c4c(c2)N(c2cccc5sc6ccccc6c25)c2ccc(-c5ccccc5)cc2B4c2cc(-n4c5ccc(C(C)(C)C)cc5c5cc(C(C)(C)C)ccc54)ccc2S3)cc1. The number of nitrogens with zero attached hydrogens (tertiary/aromatic N) is 2. The number of anilines is 3. The Balaban J connectivity index is 1.09. The van der Waals surface area contributed by atoms with Crippen molar-refractivity contribution in [3.63, 3.8) is 0 Å². The Morgan fingerprint density at radius 1 is 0.394 bits per heavy atom. The number of aromatic nitrogens is 1. The molecular weight excluding hydrogens is 896 g/mol. The third kappa shape index (κ3) is 7.13. The van der Waals surface area contributed by atoms with E-state index in [2.05, 4.69) is 254 Å². The van der Waals surface area contributed by atoms with Gasteiger partial charge in [0, 0.05) is 57.8 Å². The predicted molar refractivity (Wildman–Crippen MR) is 311 cm³/mol. The zero-order valence-corrected chi connectivity index (χ0v) is 43.7. The summed E-state index contributed by atoms with van der Waals surface area (Å²) >= 11 is 3.82. The van der Waals surface area contributed by atoms with Crippen LogP contribution in [0.1, 0.15) is 79.0 Å². The summed E-state index contributed by atoms with van der Waals surface area (Å²) in [5, 5.41) is 5.22. The summed E-state index contributed by atoms with van der Waals surface area (Å²) < 4.78 is 5.15. The summed E-state index contributed by atoms with van der Waals surface area (Å²) in [6, 6.07) is 70.0. The molecule has 0 radical (unpaired) electrons. The second kappa shape index (κ2) is 15.9. The van der Waals surface area contributed by atoms with E-state index < -0.39 is 0 Å². The Morgan fingerprint density at radius 3 is 1.70 bits per heavy atom. The molecule has 2 aromatic heterocycles. The van der Waals surface area contributed by atoms with Crippen LogP contribution in [0.3, 0.4) is 0 Å². The first-order chi connectivity index (χ1) is 34.1. The van der Waals surface area contributed by atoms with Gasteiger partial charge in [-0.1, -0.05) is 183 Å². The Labute approximate surface area is 427 Å². The summed E-state index contributed by atoms with van der Waals surface area (Å²) in [6.45, 7) is 20.8. The molecule has 13 rings (SSSR count). The second-order valence-corrected chi connectivity index (χ2v) is 25.2. The molecule has 0 atom stereocenters. The fourth-order valence-corrected chi connectivity index (χ4v) is 13.8. The van der Waals surface area contributed by atoms with E-state index in [1.807, 2.05) is 23.1 Å². The van der Waals surface area contributed by atoms with Gasteiger partial charge in [-0.15, -0.1) is 11.3 Å². The first-order valence-corrected chi connectivity index (χ1v) is 26.8. The van der Waals surface area contributed by atoms with E-state index in [0.29, 0.717) is 0 Å². The van der Waals surface area contributed by atoms with Crippen molar-refractivity contribution >= 4 is 105 Å². The molecule has 5 heteroatoms. The maximum absolute atomic E-state index is 2.62. The molecule has 0 saturated heterocycles. The number of rotatable bonds is 4. The molecule has 0 spiro atoms. The fraction of sp³-hybridized carbons (Fsp3) is 0.182. The minimum absolute atomic E-state index is 0.0186. The lowest BCUT2D eigenvalue weighted by Crippen LogP contribution is -2.60. The van der Waals surface area contributed by atoms with Crippen molar-refractivity contribution in [3.05, 3.63) is 199 Å². The number of hydrogen-bond acceptors (Lipinski definition) is 3. The van der Waals surface area contributed by atoms with Gasteiger partial charge in [-0.25, -0.2) is 0 Å². The van der Waals surface area contributed by atoms with Gasteiger partial charge in [-0.2, -0.15) is 0 Å². The highest BCUT2D eigenvalue weighted by Crippen LogP contribution is 2.49. The normalized spacial score (nSPS) is 13.6. The van der Waals surface area contributed by atoms with Gasteiger partial charge in [0.15, 0.2) is 0 Å². The molecule has 2 aliphatic heterocycles. The maximum Gasteiger partial charge on any atom is 0.249 e. The van der Waals surface area contributed by atoms with Gasteiger partial charge in [-0.05, 0) is 145 Å². The van der Waals surface area contributed by atoms with Gasteiger partial charge in [0.25, 0.3) is 0 Å². The highest BCUT2D eigenvalue weighted by molar-refractivity contribution is 8.00. The topological polar surface area (TPSA) is 8.17 Å². The summed E-state index contributed by atoms with van der Waals surface area (Å²) in [7, 11) is 0. The standard InChI is InChI=1S/C66H57BN2S2/c1-64(2,3)44-25-22-41(23-26-44)43-35-57-63-61(36-43)71-59-33-29-47(68-53-31-27-45(65(4,5)6)37-49(53)50-38-46(66(7,8)9)28-32-54(50)68)39-52(59)67(63)51-34-42(40-16-11-10-12-17-40)24-30-55(51)69(57)56-19-15-21-60-62(56)48-18-13-14-20-58(48)70-60/h10-39H,1-9H3. The molecule has 0 fully saturated rings. The van der Waals surface area contributed by atoms with Gasteiger partial charge in [0.1, 0.15) is 0 Å². The van der Waals surface area contributed by atoms with Crippen LogP contribution in [-0.4, -0.2) is 11.3 Å². The molecule has 346 valence electrons. The van der Waals surface area contributed by atoms with Gasteiger partial charge >= 0.3 is 0 Å². The van der Waals surface area contributed by atoms with Crippen molar-refractivity contribution in [1.29, 1.82) is 0 Å². The van der Waals surface area contributed by atoms with Crippen LogP contribution < -0.4 is 21.3 Å². The number of hydrogen-bond donors (Lipinski definition) is 0. The lowest BCUT2D eigenvalue weighted by atomic mass is 9.34. The Hall–Kier alpha value is -6.79. The van der Waals surface area contributed by atoms with Crippen LogP contribution in [0.4, 0.5) is 17.1 Å². The molecule has 71 heavy (non-hydrogen) atoms. The van der Waals surface area contributed by atoms with Crippen LogP contribution in [-0.2, 0) is 16.2 Å². The van der Waals surface area contributed by atoms with E-state index in [-0.39, 0.29) is 23.0 Å². The molecule has 0 N–H and O–H groups in total.